The lowest BCUT2D eigenvalue weighted by Gasteiger charge is -2.34. The highest BCUT2D eigenvalue weighted by Gasteiger charge is 2.29. The molecular formula is C15H33N2+. The number of hydrogen-bond acceptors (Lipinski definition) is 1. The summed E-state index contributed by atoms with van der Waals surface area (Å²) in [4.78, 5) is 0. The van der Waals surface area contributed by atoms with Crippen LogP contribution in [-0.2, 0) is 0 Å². The highest BCUT2D eigenvalue weighted by atomic mass is 15.4. The maximum Gasteiger partial charge on any atom is 0.0788 e. The summed E-state index contributed by atoms with van der Waals surface area (Å²) in [5.74, 6) is 0. The van der Waals surface area contributed by atoms with Gasteiger partial charge >= 0.3 is 0 Å². The first kappa shape index (κ1) is 15.0. The fraction of sp³-hybridized carbons (Fsp3) is 1.00. The topological polar surface area (TPSA) is 12.0 Å². The summed E-state index contributed by atoms with van der Waals surface area (Å²) in [7, 11) is 0. The predicted molar refractivity (Wildman–Crippen MR) is 76.3 cm³/mol. The van der Waals surface area contributed by atoms with Gasteiger partial charge in [0.2, 0.25) is 0 Å². The van der Waals surface area contributed by atoms with Crippen LogP contribution in [0.15, 0.2) is 0 Å². The molecule has 0 unspecified atom stereocenters. The van der Waals surface area contributed by atoms with Gasteiger partial charge in [-0.3, -0.25) is 0 Å². The first-order chi connectivity index (χ1) is 8.33. The van der Waals surface area contributed by atoms with Crippen LogP contribution < -0.4 is 5.32 Å². The van der Waals surface area contributed by atoms with E-state index >= 15 is 0 Å². The van der Waals surface area contributed by atoms with E-state index in [1.165, 1.54) is 88.7 Å². The summed E-state index contributed by atoms with van der Waals surface area (Å²) in [6.45, 7) is 12.9. The standard InChI is InChI=1S/C11H24N.C4H9N/c1-3-5-9-12(8-4-2)10-6-7-11-12;1-2-4-5-3-1/h3-11H2,1-2H3;5H,1-4H2/q+1;. The fourth-order valence-corrected chi connectivity index (χ4v) is 3.16. The van der Waals surface area contributed by atoms with Crippen molar-refractivity contribution in [2.24, 2.45) is 0 Å². The van der Waals surface area contributed by atoms with E-state index < -0.39 is 0 Å². The zero-order valence-corrected chi connectivity index (χ0v) is 12.1. The van der Waals surface area contributed by atoms with Crippen molar-refractivity contribution in [1.82, 2.24) is 5.32 Å². The van der Waals surface area contributed by atoms with Crippen molar-refractivity contribution in [3.63, 3.8) is 0 Å². The molecule has 0 aromatic heterocycles. The monoisotopic (exact) mass is 241 g/mol. The molecule has 0 aromatic rings. The average Bonchev–Trinajstić information content (AvgIpc) is 3.02. The van der Waals surface area contributed by atoms with Crippen LogP contribution in [0.25, 0.3) is 0 Å². The maximum atomic E-state index is 3.22. The molecule has 2 nitrogen and oxygen atoms in total. The predicted octanol–water partition coefficient (Wildman–Crippen LogP) is 3.18. The number of hydrogen-bond donors (Lipinski definition) is 1. The molecule has 2 fully saturated rings. The molecule has 2 aliphatic heterocycles. The Labute approximate surface area is 108 Å². The van der Waals surface area contributed by atoms with Gasteiger partial charge in [-0.2, -0.15) is 0 Å². The Hall–Kier alpha value is -0.0800. The summed E-state index contributed by atoms with van der Waals surface area (Å²) in [6, 6.07) is 0. The minimum absolute atomic E-state index is 1.25. The Morgan fingerprint density at radius 2 is 1.47 bits per heavy atom. The van der Waals surface area contributed by atoms with Gasteiger partial charge in [0.15, 0.2) is 0 Å². The normalized spacial score (nSPS) is 22.2. The van der Waals surface area contributed by atoms with Gasteiger partial charge in [-0.25, -0.2) is 0 Å². The lowest BCUT2D eigenvalue weighted by Crippen LogP contribution is -2.46. The highest BCUT2D eigenvalue weighted by Crippen LogP contribution is 2.20. The molecule has 0 atom stereocenters. The third-order valence-corrected chi connectivity index (χ3v) is 4.16. The van der Waals surface area contributed by atoms with E-state index in [1.54, 1.807) is 0 Å². The Balaban J connectivity index is 0.000000239. The number of nitrogens with zero attached hydrogens (tertiary/aromatic N) is 1. The van der Waals surface area contributed by atoms with Crippen LogP contribution in [0.2, 0.25) is 0 Å². The van der Waals surface area contributed by atoms with Gasteiger partial charge in [-0.1, -0.05) is 20.3 Å². The second-order valence-electron chi connectivity index (χ2n) is 5.75. The van der Waals surface area contributed by atoms with Crippen molar-refractivity contribution < 1.29 is 4.48 Å². The zero-order valence-electron chi connectivity index (χ0n) is 12.1. The molecule has 0 aliphatic carbocycles. The molecule has 2 aliphatic rings. The fourth-order valence-electron chi connectivity index (χ4n) is 3.16. The molecule has 0 spiro atoms. The van der Waals surface area contributed by atoms with Crippen LogP contribution in [0.3, 0.4) is 0 Å². The molecule has 102 valence electrons. The molecule has 2 saturated heterocycles. The van der Waals surface area contributed by atoms with E-state index in [0.29, 0.717) is 0 Å². The van der Waals surface area contributed by atoms with Crippen LogP contribution in [0.5, 0.6) is 0 Å². The van der Waals surface area contributed by atoms with Crippen LogP contribution in [0.1, 0.15) is 58.8 Å². The molecule has 0 amide bonds. The maximum absolute atomic E-state index is 3.22. The molecule has 2 heterocycles. The van der Waals surface area contributed by atoms with Crippen LogP contribution in [0.4, 0.5) is 0 Å². The Morgan fingerprint density at radius 3 is 1.88 bits per heavy atom. The zero-order chi connectivity index (χ0) is 12.4. The SMILES string of the molecule is C1CCNC1.CCCC[N+]1(CCC)CCCC1. The highest BCUT2D eigenvalue weighted by molar-refractivity contribution is 4.56. The van der Waals surface area contributed by atoms with Gasteiger partial charge in [0.1, 0.15) is 0 Å². The third-order valence-electron chi connectivity index (χ3n) is 4.16. The van der Waals surface area contributed by atoms with Crippen molar-refractivity contribution >= 4 is 0 Å². The van der Waals surface area contributed by atoms with Gasteiger partial charge in [0.25, 0.3) is 0 Å². The number of nitrogens with one attached hydrogen (secondary N) is 1. The number of unbranched alkanes of at least 4 members (excludes halogenated alkanes) is 1. The van der Waals surface area contributed by atoms with Crippen molar-refractivity contribution in [3.8, 4) is 0 Å². The van der Waals surface area contributed by atoms with Crippen molar-refractivity contribution in [2.45, 2.75) is 58.8 Å². The molecular weight excluding hydrogens is 208 g/mol. The van der Waals surface area contributed by atoms with Crippen LogP contribution in [0, 0.1) is 0 Å². The summed E-state index contributed by atoms with van der Waals surface area (Å²) >= 11 is 0. The van der Waals surface area contributed by atoms with E-state index in [1.807, 2.05) is 0 Å². The lowest BCUT2D eigenvalue weighted by molar-refractivity contribution is -0.917. The molecule has 17 heavy (non-hydrogen) atoms. The first-order valence-electron chi connectivity index (χ1n) is 7.89. The van der Waals surface area contributed by atoms with E-state index in [0.717, 1.165) is 0 Å². The second kappa shape index (κ2) is 8.93. The third kappa shape index (κ3) is 5.87. The minimum atomic E-state index is 1.25. The summed E-state index contributed by atoms with van der Waals surface area (Å²) in [5, 5.41) is 3.22. The van der Waals surface area contributed by atoms with Crippen molar-refractivity contribution in [1.29, 1.82) is 0 Å². The Bertz CT molecular complexity index is 162. The molecule has 0 bridgehead atoms. The van der Waals surface area contributed by atoms with Crippen LogP contribution in [-0.4, -0.2) is 43.8 Å². The Morgan fingerprint density at radius 1 is 0.824 bits per heavy atom. The van der Waals surface area contributed by atoms with E-state index in [9.17, 15) is 0 Å². The van der Waals surface area contributed by atoms with E-state index in [-0.39, 0.29) is 0 Å². The summed E-state index contributed by atoms with van der Waals surface area (Å²) < 4.78 is 1.45. The first-order valence-corrected chi connectivity index (χ1v) is 7.89. The Kier molecular flexibility index (Phi) is 7.87. The number of rotatable bonds is 5. The molecule has 0 radical (unpaired) electrons. The summed E-state index contributed by atoms with van der Waals surface area (Å²) in [5.41, 5.74) is 0. The molecule has 2 heteroatoms. The van der Waals surface area contributed by atoms with E-state index in [2.05, 4.69) is 19.2 Å². The number of likely N-dealkylation sites (tertiary alicyclic amines) is 1. The molecule has 0 saturated carbocycles. The average molecular weight is 241 g/mol. The van der Waals surface area contributed by atoms with Gasteiger partial charge in [-0.15, -0.1) is 0 Å². The minimum Gasteiger partial charge on any atom is -0.324 e. The second-order valence-corrected chi connectivity index (χ2v) is 5.75. The van der Waals surface area contributed by atoms with Crippen LogP contribution >= 0.6 is 0 Å². The van der Waals surface area contributed by atoms with Gasteiger partial charge in [0.05, 0.1) is 26.2 Å². The largest absolute Gasteiger partial charge is 0.324 e. The molecule has 0 aromatic carbocycles. The van der Waals surface area contributed by atoms with Gasteiger partial charge < -0.3 is 9.80 Å². The smallest absolute Gasteiger partial charge is 0.0788 e. The van der Waals surface area contributed by atoms with Crippen molar-refractivity contribution in [3.05, 3.63) is 0 Å². The van der Waals surface area contributed by atoms with Gasteiger partial charge in [0, 0.05) is 12.8 Å². The summed E-state index contributed by atoms with van der Waals surface area (Å²) in [6.07, 6.45) is 9.89. The van der Waals surface area contributed by atoms with Crippen molar-refractivity contribution in [2.75, 3.05) is 39.3 Å². The number of quaternary nitrogens is 1. The molecule has 1 N–H and O–H groups in total. The van der Waals surface area contributed by atoms with Gasteiger partial charge in [-0.05, 0) is 38.8 Å². The van der Waals surface area contributed by atoms with E-state index in [4.69, 9.17) is 0 Å². The lowest BCUT2D eigenvalue weighted by atomic mass is 10.2. The molecule has 2 rings (SSSR count). The quantitative estimate of drug-likeness (QED) is 0.729.